The molecule has 6 nitrogen and oxygen atoms in total. The van der Waals surface area contributed by atoms with Gasteiger partial charge >= 0.3 is 0 Å². The number of rotatable bonds is 4. The van der Waals surface area contributed by atoms with Crippen LogP contribution in [0.4, 0.5) is 5.69 Å². The van der Waals surface area contributed by atoms with E-state index in [0.717, 1.165) is 5.56 Å². The molecule has 4 rings (SSSR count). The molecule has 1 saturated heterocycles. The fourth-order valence-corrected chi connectivity index (χ4v) is 3.78. The second kappa shape index (κ2) is 7.99. The lowest BCUT2D eigenvalue weighted by Gasteiger charge is -2.26. The number of phenolic OH excluding ortho intramolecular Hbond substituents is 1. The standard InChI is InChI=1S/C25H21NO5/c1-15-11-12-20(27)19(13-15)26-22(16-7-4-3-5-8-16)21(24(29)25(26)30)23(28)17-9-6-10-18(14-17)31-2/h3-14,22,27-28H,1-2H3/b23-21+. The number of carbonyl (C=O) groups excluding carboxylic acids is 2. The van der Waals surface area contributed by atoms with Crippen LogP contribution in [0.25, 0.3) is 5.76 Å². The fraction of sp³-hybridized carbons (Fsp3) is 0.120. The first kappa shape index (κ1) is 20.2. The number of carbonyl (C=O) groups is 2. The molecule has 1 aliphatic rings. The number of aliphatic hydroxyl groups is 1. The van der Waals surface area contributed by atoms with Crippen LogP contribution < -0.4 is 9.64 Å². The molecule has 6 heteroatoms. The van der Waals surface area contributed by atoms with Gasteiger partial charge in [0.05, 0.1) is 24.4 Å². The Bertz CT molecular complexity index is 1200. The molecular formula is C25H21NO5. The molecule has 1 atom stereocenters. The summed E-state index contributed by atoms with van der Waals surface area (Å²) in [5.74, 6) is -1.57. The van der Waals surface area contributed by atoms with Gasteiger partial charge in [-0.3, -0.25) is 14.5 Å². The van der Waals surface area contributed by atoms with Crippen LogP contribution in [0, 0.1) is 6.92 Å². The largest absolute Gasteiger partial charge is 0.507 e. The number of phenols is 1. The van der Waals surface area contributed by atoms with Gasteiger partial charge in [-0.2, -0.15) is 0 Å². The zero-order valence-electron chi connectivity index (χ0n) is 17.1. The number of ketones is 1. The third-order valence-electron chi connectivity index (χ3n) is 5.29. The predicted molar refractivity (Wildman–Crippen MR) is 117 cm³/mol. The lowest BCUT2D eigenvalue weighted by Crippen LogP contribution is -2.29. The van der Waals surface area contributed by atoms with Crippen LogP contribution in [0.1, 0.15) is 22.7 Å². The quantitative estimate of drug-likeness (QED) is 0.376. The summed E-state index contributed by atoms with van der Waals surface area (Å²) in [7, 11) is 1.50. The van der Waals surface area contributed by atoms with Gasteiger partial charge < -0.3 is 14.9 Å². The summed E-state index contributed by atoms with van der Waals surface area (Å²) >= 11 is 0. The predicted octanol–water partition coefficient (Wildman–Crippen LogP) is 4.34. The first-order valence-electron chi connectivity index (χ1n) is 9.72. The molecule has 1 heterocycles. The highest BCUT2D eigenvalue weighted by Crippen LogP contribution is 2.45. The Hall–Kier alpha value is -4.06. The maximum Gasteiger partial charge on any atom is 0.300 e. The van der Waals surface area contributed by atoms with E-state index in [4.69, 9.17) is 4.74 Å². The van der Waals surface area contributed by atoms with Crippen molar-refractivity contribution in [2.45, 2.75) is 13.0 Å². The van der Waals surface area contributed by atoms with Gasteiger partial charge in [0.2, 0.25) is 0 Å². The summed E-state index contributed by atoms with van der Waals surface area (Å²) in [4.78, 5) is 27.5. The number of methoxy groups -OCH3 is 1. The first-order valence-corrected chi connectivity index (χ1v) is 9.72. The Balaban J connectivity index is 1.97. The number of benzene rings is 3. The SMILES string of the molecule is COc1cccc(/C(O)=C2\C(=O)C(=O)N(c3cc(C)ccc3O)C2c2ccccc2)c1. The maximum absolute atomic E-state index is 13.1. The minimum atomic E-state index is -0.903. The second-order valence-electron chi connectivity index (χ2n) is 7.30. The number of amides is 1. The van der Waals surface area contributed by atoms with Crippen LogP contribution in [0.15, 0.2) is 78.4 Å². The van der Waals surface area contributed by atoms with E-state index < -0.39 is 17.7 Å². The summed E-state index contributed by atoms with van der Waals surface area (Å²) < 4.78 is 5.22. The Morgan fingerprint density at radius 3 is 2.42 bits per heavy atom. The summed E-state index contributed by atoms with van der Waals surface area (Å²) in [5.41, 5.74) is 1.96. The summed E-state index contributed by atoms with van der Waals surface area (Å²) in [5, 5.41) is 21.6. The molecule has 0 saturated carbocycles. The topological polar surface area (TPSA) is 87.1 Å². The molecular weight excluding hydrogens is 394 g/mol. The average Bonchev–Trinajstić information content (AvgIpc) is 3.06. The van der Waals surface area contributed by atoms with Gasteiger partial charge in [-0.05, 0) is 42.3 Å². The number of hydrogen-bond donors (Lipinski definition) is 2. The van der Waals surface area contributed by atoms with Crippen LogP contribution in [-0.2, 0) is 9.59 Å². The third kappa shape index (κ3) is 3.53. The Morgan fingerprint density at radius 2 is 1.71 bits per heavy atom. The number of aryl methyl sites for hydroxylation is 1. The van der Waals surface area contributed by atoms with Crippen molar-refractivity contribution in [2.75, 3.05) is 12.0 Å². The maximum atomic E-state index is 13.1. The smallest absolute Gasteiger partial charge is 0.300 e. The van der Waals surface area contributed by atoms with Crippen molar-refractivity contribution in [3.8, 4) is 11.5 Å². The number of anilines is 1. The van der Waals surface area contributed by atoms with Gasteiger partial charge in [0.15, 0.2) is 0 Å². The number of nitrogens with zero attached hydrogens (tertiary/aromatic N) is 1. The summed E-state index contributed by atoms with van der Waals surface area (Å²) in [6, 6.07) is 19.5. The highest BCUT2D eigenvalue weighted by atomic mass is 16.5. The number of aliphatic hydroxyl groups excluding tert-OH is 1. The molecule has 1 unspecified atom stereocenters. The normalized spacial score (nSPS) is 17.7. The van der Waals surface area contributed by atoms with Crippen LogP contribution in [0.3, 0.4) is 0 Å². The molecule has 1 amide bonds. The highest BCUT2D eigenvalue weighted by Gasteiger charge is 2.47. The first-order chi connectivity index (χ1) is 14.9. The zero-order chi connectivity index (χ0) is 22.1. The Labute approximate surface area is 179 Å². The van der Waals surface area contributed by atoms with E-state index in [2.05, 4.69) is 0 Å². The van der Waals surface area contributed by atoms with Crippen molar-refractivity contribution < 1.29 is 24.5 Å². The van der Waals surface area contributed by atoms with E-state index in [1.165, 1.54) is 18.1 Å². The molecule has 0 spiro atoms. The Morgan fingerprint density at radius 1 is 0.968 bits per heavy atom. The molecule has 1 fully saturated rings. The summed E-state index contributed by atoms with van der Waals surface area (Å²) in [6.45, 7) is 1.83. The highest BCUT2D eigenvalue weighted by molar-refractivity contribution is 6.51. The van der Waals surface area contributed by atoms with E-state index in [1.54, 1.807) is 60.7 Å². The van der Waals surface area contributed by atoms with Gasteiger partial charge in [-0.15, -0.1) is 0 Å². The van der Waals surface area contributed by atoms with Gasteiger partial charge in [0, 0.05) is 5.56 Å². The number of Topliss-reactive ketones (excluding diaryl/α,β-unsaturated/α-hetero) is 1. The van der Waals surface area contributed by atoms with E-state index in [0.29, 0.717) is 16.9 Å². The van der Waals surface area contributed by atoms with Gasteiger partial charge in [-0.1, -0.05) is 48.5 Å². The van der Waals surface area contributed by atoms with Crippen molar-refractivity contribution in [3.05, 3.63) is 95.1 Å². The number of hydrogen-bond acceptors (Lipinski definition) is 5. The molecule has 3 aromatic rings. The molecule has 31 heavy (non-hydrogen) atoms. The molecule has 1 aliphatic heterocycles. The molecule has 0 radical (unpaired) electrons. The van der Waals surface area contributed by atoms with Crippen molar-refractivity contribution in [2.24, 2.45) is 0 Å². The van der Waals surface area contributed by atoms with Gasteiger partial charge in [0.25, 0.3) is 11.7 Å². The zero-order valence-corrected chi connectivity index (χ0v) is 17.1. The van der Waals surface area contributed by atoms with E-state index in [1.807, 2.05) is 13.0 Å². The molecule has 0 bridgehead atoms. The minimum absolute atomic E-state index is 0.0506. The van der Waals surface area contributed by atoms with Gasteiger partial charge in [-0.25, -0.2) is 0 Å². The van der Waals surface area contributed by atoms with Crippen LogP contribution >= 0.6 is 0 Å². The molecule has 2 N–H and O–H groups in total. The molecule has 0 aromatic heterocycles. The molecule has 3 aromatic carbocycles. The summed E-state index contributed by atoms with van der Waals surface area (Å²) in [6.07, 6.45) is 0. The number of ether oxygens (including phenoxy) is 1. The minimum Gasteiger partial charge on any atom is -0.507 e. The average molecular weight is 415 g/mol. The van der Waals surface area contributed by atoms with E-state index in [9.17, 15) is 19.8 Å². The number of aromatic hydroxyl groups is 1. The Kier molecular flexibility index (Phi) is 5.21. The van der Waals surface area contributed by atoms with Crippen LogP contribution in [0.5, 0.6) is 11.5 Å². The van der Waals surface area contributed by atoms with Crippen molar-refractivity contribution in [3.63, 3.8) is 0 Å². The van der Waals surface area contributed by atoms with E-state index >= 15 is 0 Å². The lowest BCUT2D eigenvalue weighted by atomic mass is 9.95. The monoisotopic (exact) mass is 415 g/mol. The lowest BCUT2D eigenvalue weighted by molar-refractivity contribution is -0.132. The van der Waals surface area contributed by atoms with E-state index in [-0.39, 0.29) is 22.8 Å². The fourth-order valence-electron chi connectivity index (χ4n) is 3.78. The van der Waals surface area contributed by atoms with Crippen LogP contribution in [-0.4, -0.2) is 29.0 Å². The third-order valence-corrected chi connectivity index (χ3v) is 5.29. The molecule has 156 valence electrons. The van der Waals surface area contributed by atoms with Crippen molar-refractivity contribution in [1.82, 2.24) is 0 Å². The molecule has 0 aliphatic carbocycles. The van der Waals surface area contributed by atoms with Gasteiger partial charge in [0.1, 0.15) is 17.3 Å². The van der Waals surface area contributed by atoms with Crippen molar-refractivity contribution in [1.29, 1.82) is 0 Å². The second-order valence-corrected chi connectivity index (χ2v) is 7.30. The van der Waals surface area contributed by atoms with Crippen LogP contribution in [0.2, 0.25) is 0 Å². The van der Waals surface area contributed by atoms with Crippen molar-refractivity contribution >= 4 is 23.1 Å².